The highest BCUT2D eigenvalue weighted by Gasteiger charge is 2.40. The summed E-state index contributed by atoms with van der Waals surface area (Å²) in [6, 6.07) is 5.63. The highest BCUT2D eigenvalue weighted by atomic mass is 16.5. The second-order valence-electron chi connectivity index (χ2n) is 4.85. The SMILES string of the molecule is CN=C1NC(=O)C(C)(Cc2ccc(OC)c(OC)c2)N1. The van der Waals surface area contributed by atoms with Gasteiger partial charge in [0.25, 0.3) is 5.91 Å². The van der Waals surface area contributed by atoms with E-state index in [2.05, 4.69) is 15.6 Å². The zero-order valence-electron chi connectivity index (χ0n) is 12.1. The van der Waals surface area contributed by atoms with Crippen molar-refractivity contribution in [3.8, 4) is 11.5 Å². The molecule has 20 heavy (non-hydrogen) atoms. The van der Waals surface area contributed by atoms with Crippen LogP contribution in [0.1, 0.15) is 12.5 Å². The molecule has 6 nitrogen and oxygen atoms in total. The van der Waals surface area contributed by atoms with Gasteiger partial charge in [0.15, 0.2) is 17.5 Å². The summed E-state index contributed by atoms with van der Waals surface area (Å²) in [5.74, 6) is 1.73. The minimum absolute atomic E-state index is 0.0899. The Hall–Kier alpha value is -2.24. The van der Waals surface area contributed by atoms with E-state index >= 15 is 0 Å². The molecule has 6 heteroatoms. The maximum atomic E-state index is 12.0. The summed E-state index contributed by atoms with van der Waals surface area (Å²) in [6.07, 6.45) is 0.526. The monoisotopic (exact) mass is 277 g/mol. The minimum Gasteiger partial charge on any atom is -0.493 e. The van der Waals surface area contributed by atoms with E-state index in [-0.39, 0.29) is 5.91 Å². The number of aliphatic imine (C=N–C) groups is 1. The third kappa shape index (κ3) is 2.54. The maximum Gasteiger partial charge on any atom is 0.252 e. The molecule has 1 aromatic carbocycles. The molecule has 1 atom stereocenters. The lowest BCUT2D eigenvalue weighted by molar-refractivity contribution is -0.123. The summed E-state index contributed by atoms with van der Waals surface area (Å²) in [5.41, 5.74) is 0.263. The molecule has 1 aliphatic heterocycles. The first kappa shape index (κ1) is 14.2. The molecule has 0 bridgehead atoms. The molecular weight excluding hydrogens is 258 g/mol. The summed E-state index contributed by atoms with van der Waals surface area (Å²) >= 11 is 0. The Morgan fingerprint density at radius 1 is 1.25 bits per heavy atom. The van der Waals surface area contributed by atoms with Crippen LogP contribution in [0.4, 0.5) is 0 Å². The van der Waals surface area contributed by atoms with E-state index in [0.717, 1.165) is 5.56 Å². The van der Waals surface area contributed by atoms with Gasteiger partial charge in [-0.05, 0) is 24.6 Å². The maximum absolute atomic E-state index is 12.0. The Balaban J connectivity index is 2.24. The fourth-order valence-electron chi connectivity index (χ4n) is 2.23. The highest BCUT2D eigenvalue weighted by Crippen LogP contribution is 2.29. The van der Waals surface area contributed by atoms with E-state index in [1.54, 1.807) is 21.3 Å². The normalized spacial score (nSPS) is 23.4. The second-order valence-corrected chi connectivity index (χ2v) is 4.85. The first-order chi connectivity index (χ1) is 9.52. The van der Waals surface area contributed by atoms with Crippen molar-refractivity contribution in [2.45, 2.75) is 18.9 Å². The molecule has 0 saturated carbocycles. The molecule has 2 rings (SSSR count). The van der Waals surface area contributed by atoms with Crippen molar-refractivity contribution < 1.29 is 14.3 Å². The van der Waals surface area contributed by atoms with Gasteiger partial charge < -0.3 is 14.8 Å². The number of guanidine groups is 1. The van der Waals surface area contributed by atoms with Gasteiger partial charge in [-0.25, -0.2) is 0 Å². The number of nitrogens with zero attached hydrogens (tertiary/aromatic N) is 1. The van der Waals surface area contributed by atoms with Crippen molar-refractivity contribution in [2.75, 3.05) is 21.3 Å². The van der Waals surface area contributed by atoms with Crippen LogP contribution in [0.15, 0.2) is 23.2 Å². The van der Waals surface area contributed by atoms with Crippen LogP contribution in [0.2, 0.25) is 0 Å². The van der Waals surface area contributed by atoms with Crippen LogP contribution in [0.5, 0.6) is 11.5 Å². The largest absolute Gasteiger partial charge is 0.493 e. The topological polar surface area (TPSA) is 72.0 Å². The van der Waals surface area contributed by atoms with Gasteiger partial charge in [-0.2, -0.15) is 0 Å². The van der Waals surface area contributed by atoms with Crippen LogP contribution < -0.4 is 20.1 Å². The van der Waals surface area contributed by atoms with Crippen molar-refractivity contribution in [2.24, 2.45) is 4.99 Å². The number of ether oxygens (including phenoxy) is 2. The lowest BCUT2D eigenvalue weighted by Gasteiger charge is -2.21. The van der Waals surface area contributed by atoms with Crippen LogP contribution in [-0.2, 0) is 11.2 Å². The van der Waals surface area contributed by atoms with Gasteiger partial charge in [0.1, 0.15) is 5.54 Å². The Bertz CT molecular complexity index is 557. The predicted molar refractivity (Wildman–Crippen MR) is 76.3 cm³/mol. The number of amides is 1. The molecular formula is C14H19N3O3. The molecule has 0 spiro atoms. The van der Waals surface area contributed by atoms with Crippen LogP contribution in [0.3, 0.4) is 0 Å². The number of hydrogen-bond donors (Lipinski definition) is 2. The zero-order valence-corrected chi connectivity index (χ0v) is 12.1. The van der Waals surface area contributed by atoms with Gasteiger partial charge in [0.05, 0.1) is 14.2 Å². The minimum atomic E-state index is -0.714. The van der Waals surface area contributed by atoms with E-state index < -0.39 is 5.54 Å². The Kier molecular flexibility index (Phi) is 3.83. The van der Waals surface area contributed by atoms with E-state index in [0.29, 0.717) is 23.9 Å². The molecule has 1 amide bonds. The Labute approximate surface area is 118 Å². The Morgan fingerprint density at radius 3 is 2.50 bits per heavy atom. The number of carbonyl (C=O) groups excluding carboxylic acids is 1. The molecule has 0 aromatic heterocycles. The molecule has 1 heterocycles. The van der Waals surface area contributed by atoms with E-state index in [4.69, 9.17) is 9.47 Å². The smallest absolute Gasteiger partial charge is 0.252 e. The van der Waals surface area contributed by atoms with Crippen molar-refractivity contribution in [3.05, 3.63) is 23.8 Å². The molecule has 2 N–H and O–H groups in total. The van der Waals surface area contributed by atoms with Gasteiger partial charge >= 0.3 is 0 Å². The lowest BCUT2D eigenvalue weighted by Crippen LogP contribution is -2.45. The van der Waals surface area contributed by atoms with Crippen molar-refractivity contribution in [1.29, 1.82) is 0 Å². The zero-order chi connectivity index (χ0) is 14.8. The fourth-order valence-corrected chi connectivity index (χ4v) is 2.23. The number of benzene rings is 1. The van der Waals surface area contributed by atoms with Gasteiger partial charge in [-0.3, -0.25) is 15.1 Å². The van der Waals surface area contributed by atoms with Gasteiger partial charge in [0.2, 0.25) is 0 Å². The fraction of sp³-hybridized carbons (Fsp3) is 0.429. The number of hydrogen-bond acceptors (Lipinski definition) is 4. The Morgan fingerprint density at radius 2 is 1.95 bits per heavy atom. The van der Waals surface area contributed by atoms with Gasteiger partial charge in [0, 0.05) is 13.5 Å². The van der Waals surface area contributed by atoms with Gasteiger partial charge in [-0.15, -0.1) is 0 Å². The van der Waals surface area contributed by atoms with E-state index in [1.807, 2.05) is 25.1 Å². The third-order valence-corrected chi connectivity index (χ3v) is 3.36. The van der Waals surface area contributed by atoms with E-state index in [9.17, 15) is 4.79 Å². The summed E-state index contributed by atoms with van der Waals surface area (Å²) in [4.78, 5) is 16.0. The number of rotatable bonds is 4. The van der Waals surface area contributed by atoms with Crippen LogP contribution in [0.25, 0.3) is 0 Å². The first-order valence-electron chi connectivity index (χ1n) is 6.29. The van der Waals surface area contributed by atoms with Crippen molar-refractivity contribution in [1.82, 2.24) is 10.6 Å². The molecule has 108 valence electrons. The van der Waals surface area contributed by atoms with Crippen LogP contribution in [-0.4, -0.2) is 38.7 Å². The predicted octanol–water partition coefficient (Wildman–Crippen LogP) is 0.710. The summed E-state index contributed by atoms with van der Waals surface area (Å²) in [6.45, 7) is 1.84. The summed E-state index contributed by atoms with van der Waals surface area (Å²) < 4.78 is 10.5. The quantitative estimate of drug-likeness (QED) is 0.850. The summed E-state index contributed by atoms with van der Waals surface area (Å²) in [5, 5.41) is 5.81. The molecule has 1 unspecified atom stereocenters. The third-order valence-electron chi connectivity index (χ3n) is 3.36. The van der Waals surface area contributed by atoms with Crippen molar-refractivity contribution >= 4 is 11.9 Å². The summed E-state index contributed by atoms with van der Waals surface area (Å²) in [7, 11) is 4.81. The van der Waals surface area contributed by atoms with Crippen LogP contribution >= 0.6 is 0 Å². The average molecular weight is 277 g/mol. The number of carbonyl (C=O) groups is 1. The average Bonchev–Trinajstić information content (AvgIpc) is 2.73. The van der Waals surface area contributed by atoms with Gasteiger partial charge in [-0.1, -0.05) is 6.07 Å². The molecule has 1 fully saturated rings. The standard InChI is InChI=1S/C14H19N3O3/c1-14(12(18)16-13(15-2)17-14)8-9-5-6-10(19-3)11(7-9)20-4/h5-7H,8H2,1-4H3,(H2,15,16,17,18). The number of nitrogens with one attached hydrogen (secondary N) is 2. The lowest BCUT2D eigenvalue weighted by atomic mass is 9.93. The van der Waals surface area contributed by atoms with Crippen LogP contribution in [0, 0.1) is 0 Å². The molecule has 1 saturated heterocycles. The highest BCUT2D eigenvalue weighted by molar-refractivity contribution is 6.08. The first-order valence-corrected chi connectivity index (χ1v) is 6.29. The molecule has 1 aliphatic rings. The van der Waals surface area contributed by atoms with E-state index in [1.165, 1.54) is 0 Å². The van der Waals surface area contributed by atoms with Crippen molar-refractivity contribution in [3.63, 3.8) is 0 Å². The number of methoxy groups -OCH3 is 2. The molecule has 0 aliphatic carbocycles. The molecule has 0 radical (unpaired) electrons. The second kappa shape index (κ2) is 5.40. The molecule has 1 aromatic rings.